The van der Waals surface area contributed by atoms with Crippen molar-refractivity contribution >= 4 is 50.4 Å². The molecule has 5 atom stereocenters. The second kappa shape index (κ2) is 15.1. The second-order valence-corrected chi connectivity index (χ2v) is 16.9. The van der Waals surface area contributed by atoms with E-state index in [1.807, 2.05) is 30.3 Å². The predicted octanol–water partition coefficient (Wildman–Crippen LogP) is 3.46. The molecule has 2 saturated carbocycles. The molecule has 0 unspecified atom stereocenters. The maximum absolute atomic E-state index is 14.4. The Hall–Kier alpha value is -4.79. The summed E-state index contributed by atoms with van der Waals surface area (Å²) in [5.41, 5.74) is -1.70. The lowest BCUT2D eigenvalue weighted by molar-refractivity contribution is -0.141. The topological polar surface area (TPSA) is 190 Å². The quantitative estimate of drug-likeness (QED) is 0.191. The Balaban J connectivity index is 1.44. The Labute approximate surface area is 303 Å². The van der Waals surface area contributed by atoms with Crippen molar-refractivity contribution in [1.29, 1.82) is 0 Å². The molecule has 2 aromatic rings. The van der Waals surface area contributed by atoms with Gasteiger partial charge in [-0.25, -0.2) is 18.2 Å². The molecule has 15 heteroatoms. The number of alkyl carbamates (subject to hydrolysis) is 1. The molecule has 4 amide bonds. The highest BCUT2D eigenvalue weighted by Gasteiger charge is 2.62. The van der Waals surface area contributed by atoms with Crippen molar-refractivity contribution in [1.82, 2.24) is 25.2 Å². The fraction of sp³-hybridized carbons (Fsp3) is 0.514. The van der Waals surface area contributed by atoms with Crippen molar-refractivity contribution < 1.29 is 41.9 Å². The molecule has 2 heterocycles. The second-order valence-electron chi connectivity index (χ2n) is 14.9. The SMILES string of the molecule is C=C[C@@H]1C[C@]1(NC(=O)[C@@H]1C[C@@H](Oc2nccc3ccccc23)CN1C(=O)[C@H](CCC(=O)C=C(C)C)NC(=O)OC(C)(C)C)C(=O)NS(=O)(=O)C1CC1. The normalized spacial score (nSPS) is 23.2. The van der Waals surface area contributed by atoms with Gasteiger partial charge in [0.2, 0.25) is 27.7 Å². The number of likely N-dealkylation sites (tertiary alicyclic amines) is 1. The maximum Gasteiger partial charge on any atom is 0.408 e. The minimum absolute atomic E-state index is 0.0187. The van der Waals surface area contributed by atoms with Crippen LogP contribution in [0.2, 0.25) is 0 Å². The Kier molecular flexibility index (Phi) is 11.1. The monoisotopic (exact) mass is 737 g/mol. The number of nitrogens with one attached hydrogen (secondary N) is 3. The standard InChI is InChI=1S/C37H47N5O9S/c1-7-24-20-37(24,34(46)41-52(48,49)27-13-14-27)40-31(44)30-19-26(50-32-28-11-9-8-10-23(28)16-17-38-32)21-42(30)33(45)29(15-12-25(43)18-22(2)3)39-35(47)51-36(4,5)6/h7-11,16-18,24,26-27,29-30H,1,12-15,19-21H2,2-6H3,(H,39,47)(H,40,44)(H,41,46)/t24-,26-,29+,30+,37-/m1/s1. The highest BCUT2D eigenvalue weighted by Crippen LogP contribution is 2.45. The summed E-state index contributed by atoms with van der Waals surface area (Å²) in [7, 11) is -3.92. The number of pyridine rings is 1. The van der Waals surface area contributed by atoms with Gasteiger partial charge in [0.05, 0.1) is 11.8 Å². The molecular formula is C37H47N5O9S. The molecule has 0 spiro atoms. The number of rotatable bonds is 14. The number of allylic oxidation sites excluding steroid dienone is 2. The van der Waals surface area contributed by atoms with Gasteiger partial charge in [-0.05, 0) is 83.9 Å². The van der Waals surface area contributed by atoms with Gasteiger partial charge in [-0.1, -0.05) is 29.8 Å². The van der Waals surface area contributed by atoms with E-state index in [0.717, 1.165) is 16.3 Å². The largest absolute Gasteiger partial charge is 0.472 e. The summed E-state index contributed by atoms with van der Waals surface area (Å²) in [5.74, 6) is -2.76. The molecule has 52 heavy (non-hydrogen) atoms. The maximum atomic E-state index is 14.4. The fourth-order valence-electron chi connectivity index (χ4n) is 6.33. The predicted molar refractivity (Wildman–Crippen MR) is 192 cm³/mol. The van der Waals surface area contributed by atoms with Crippen LogP contribution in [0.25, 0.3) is 10.8 Å². The lowest BCUT2D eigenvalue weighted by Gasteiger charge is -2.30. The van der Waals surface area contributed by atoms with E-state index in [-0.39, 0.29) is 38.0 Å². The van der Waals surface area contributed by atoms with Gasteiger partial charge < -0.3 is 25.0 Å². The zero-order chi connectivity index (χ0) is 38.0. The Morgan fingerprint density at radius 1 is 1.12 bits per heavy atom. The van der Waals surface area contributed by atoms with Crippen molar-refractivity contribution in [2.24, 2.45) is 5.92 Å². The van der Waals surface area contributed by atoms with Crippen molar-refractivity contribution in [2.45, 2.75) is 108 Å². The van der Waals surface area contributed by atoms with E-state index in [4.69, 9.17) is 9.47 Å². The van der Waals surface area contributed by atoms with E-state index in [0.29, 0.717) is 18.7 Å². The van der Waals surface area contributed by atoms with Crippen molar-refractivity contribution in [2.75, 3.05) is 6.54 Å². The minimum Gasteiger partial charge on any atom is -0.472 e. The van der Waals surface area contributed by atoms with Crippen LogP contribution in [0.1, 0.15) is 73.1 Å². The van der Waals surface area contributed by atoms with Crippen molar-refractivity contribution in [3.05, 3.63) is 60.8 Å². The number of benzene rings is 1. The fourth-order valence-corrected chi connectivity index (χ4v) is 7.69. The Morgan fingerprint density at radius 2 is 1.83 bits per heavy atom. The average molecular weight is 738 g/mol. The van der Waals surface area contributed by atoms with Crippen LogP contribution in [0.4, 0.5) is 4.79 Å². The lowest BCUT2D eigenvalue weighted by atomic mass is 10.1. The van der Waals surface area contributed by atoms with Gasteiger partial charge in [0.25, 0.3) is 5.91 Å². The molecule has 1 aliphatic heterocycles. The number of sulfonamides is 1. The van der Waals surface area contributed by atoms with Gasteiger partial charge in [-0.2, -0.15) is 0 Å². The summed E-state index contributed by atoms with van der Waals surface area (Å²) in [6.07, 6.45) is 3.69. The van der Waals surface area contributed by atoms with E-state index in [1.165, 1.54) is 17.1 Å². The number of amides is 4. The first-order valence-electron chi connectivity index (χ1n) is 17.4. The molecule has 3 fully saturated rings. The third-order valence-corrected chi connectivity index (χ3v) is 10.9. The molecule has 2 aliphatic carbocycles. The first-order valence-corrected chi connectivity index (χ1v) is 19.0. The molecule has 280 valence electrons. The summed E-state index contributed by atoms with van der Waals surface area (Å²) < 4.78 is 39.2. The molecule has 1 aromatic heterocycles. The molecular weight excluding hydrogens is 691 g/mol. The number of nitrogens with zero attached hydrogens (tertiary/aromatic N) is 2. The van der Waals surface area contributed by atoms with Gasteiger partial charge in [0.1, 0.15) is 29.3 Å². The van der Waals surface area contributed by atoms with Gasteiger partial charge in [-0.3, -0.25) is 23.9 Å². The number of aromatic nitrogens is 1. The van der Waals surface area contributed by atoms with Crippen LogP contribution >= 0.6 is 0 Å². The van der Waals surface area contributed by atoms with E-state index in [9.17, 15) is 32.4 Å². The van der Waals surface area contributed by atoms with Crippen LogP contribution in [0.5, 0.6) is 5.88 Å². The van der Waals surface area contributed by atoms with Crippen molar-refractivity contribution in [3.63, 3.8) is 0 Å². The summed E-state index contributed by atoms with van der Waals surface area (Å²) in [5, 5.41) is 6.27. The summed E-state index contributed by atoms with van der Waals surface area (Å²) in [4.78, 5) is 73.3. The summed E-state index contributed by atoms with van der Waals surface area (Å²) >= 11 is 0. The average Bonchev–Trinajstić information content (AvgIpc) is 3.98. The lowest BCUT2D eigenvalue weighted by Crippen LogP contribution is -2.58. The molecule has 1 saturated heterocycles. The number of fused-ring (bicyclic) bond motifs is 1. The number of ether oxygens (including phenoxy) is 2. The third-order valence-electron chi connectivity index (χ3n) is 9.13. The number of ketones is 1. The van der Waals surface area contributed by atoms with Crippen LogP contribution in [0.3, 0.4) is 0 Å². The summed E-state index contributed by atoms with van der Waals surface area (Å²) in [6, 6.07) is 6.79. The third kappa shape index (κ3) is 9.16. The smallest absolute Gasteiger partial charge is 0.408 e. The number of hydrogen-bond donors (Lipinski definition) is 3. The zero-order valence-corrected chi connectivity index (χ0v) is 31.0. The number of carbonyl (C=O) groups is 5. The number of hydrogen-bond acceptors (Lipinski definition) is 10. The zero-order valence-electron chi connectivity index (χ0n) is 30.1. The van der Waals surface area contributed by atoms with E-state index >= 15 is 0 Å². The van der Waals surface area contributed by atoms with Gasteiger partial charge in [-0.15, -0.1) is 6.58 Å². The molecule has 0 radical (unpaired) electrons. The molecule has 0 bridgehead atoms. The number of carbonyl (C=O) groups excluding carboxylic acids is 5. The van der Waals surface area contributed by atoms with Gasteiger partial charge in [0.15, 0.2) is 5.78 Å². The van der Waals surface area contributed by atoms with Crippen LogP contribution in [-0.2, 0) is 33.9 Å². The molecule has 14 nitrogen and oxygen atoms in total. The van der Waals surface area contributed by atoms with Crippen molar-refractivity contribution in [3.8, 4) is 5.88 Å². The van der Waals surface area contributed by atoms with Crippen LogP contribution < -0.4 is 20.1 Å². The minimum atomic E-state index is -3.92. The highest BCUT2D eigenvalue weighted by molar-refractivity contribution is 7.91. The highest BCUT2D eigenvalue weighted by atomic mass is 32.2. The van der Waals surface area contributed by atoms with Gasteiger partial charge in [0, 0.05) is 30.3 Å². The Bertz CT molecular complexity index is 1890. The van der Waals surface area contributed by atoms with Crippen LogP contribution in [-0.4, -0.2) is 89.0 Å². The van der Waals surface area contributed by atoms with Crippen LogP contribution in [0, 0.1) is 5.92 Å². The molecule has 3 N–H and O–H groups in total. The Morgan fingerprint density at radius 3 is 2.46 bits per heavy atom. The van der Waals surface area contributed by atoms with Crippen LogP contribution in [0.15, 0.2) is 60.8 Å². The molecule has 5 rings (SSSR count). The first-order chi connectivity index (χ1) is 24.4. The molecule has 1 aromatic carbocycles. The first kappa shape index (κ1) is 38.4. The van der Waals surface area contributed by atoms with E-state index in [2.05, 4.69) is 26.9 Å². The van der Waals surface area contributed by atoms with E-state index in [1.54, 1.807) is 40.8 Å². The molecule has 3 aliphatic rings. The van der Waals surface area contributed by atoms with Gasteiger partial charge >= 0.3 is 6.09 Å². The van der Waals surface area contributed by atoms with E-state index < -0.39 is 74.3 Å². The summed E-state index contributed by atoms with van der Waals surface area (Å²) in [6.45, 7) is 12.2.